The smallest absolute Gasteiger partial charge is 0.335 e. The highest BCUT2D eigenvalue weighted by molar-refractivity contribution is 5.98. The molecule has 2 N–H and O–H groups in total. The van der Waals surface area contributed by atoms with Gasteiger partial charge in [-0.15, -0.1) is 0 Å². The van der Waals surface area contributed by atoms with Crippen molar-refractivity contribution in [2.24, 2.45) is 0 Å². The number of carboxylic acids is 1. The van der Waals surface area contributed by atoms with E-state index in [0.717, 1.165) is 34.9 Å². The van der Waals surface area contributed by atoms with Gasteiger partial charge in [0.2, 0.25) is 5.88 Å². The van der Waals surface area contributed by atoms with E-state index in [1.165, 1.54) is 24.3 Å². The summed E-state index contributed by atoms with van der Waals surface area (Å²) in [6.45, 7) is 1.21. The molecule has 1 aliphatic rings. The molecule has 3 aromatic carbocycles. The summed E-state index contributed by atoms with van der Waals surface area (Å²) in [5.74, 6) is -0.383. The van der Waals surface area contributed by atoms with Crippen molar-refractivity contribution in [2.75, 3.05) is 13.2 Å². The molecular formula is C27H22FNO5. The molecule has 0 saturated carbocycles. The number of aromatic nitrogens is 1. The third-order valence-electron chi connectivity index (χ3n) is 6.05. The lowest BCUT2D eigenvalue weighted by Crippen LogP contribution is -2.16. The number of benzene rings is 3. The maximum absolute atomic E-state index is 13.8. The van der Waals surface area contributed by atoms with Crippen LogP contribution in [0.4, 0.5) is 4.39 Å². The summed E-state index contributed by atoms with van der Waals surface area (Å²) in [5, 5.41) is 20.1. The lowest BCUT2D eigenvalue weighted by atomic mass is 9.84. The maximum atomic E-state index is 13.8. The van der Waals surface area contributed by atoms with E-state index in [1.54, 1.807) is 36.4 Å². The van der Waals surface area contributed by atoms with Crippen molar-refractivity contribution in [1.82, 2.24) is 4.98 Å². The van der Waals surface area contributed by atoms with E-state index in [-0.39, 0.29) is 23.0 Å². The highest BCUT2D eigenvalue weighted by Gasteiger charge is 2.27. The number of hydrogen-bond acceptors (Lipinski definition) is 5. The van der Waals surface area contributed by atoms with Crippen LogP contribution in [0.5, 0.6) is 17.4 Å². The van der Waals surface area contributed by atoms with E-state index in [4.69, 9.17) is 14.5 Å². The fourth-order valence-electron chi connectivity index (χ4n) is 4.39. The van der Waals surface area contributed by atoms with E-state index < -0.39 is 5.97 Å². The summed E-state index contributed by atoms with van der Waals surface area (Å²) in [5.41, 5.74) is 3.25. The Morgan fingerprint density at radius 3 is 2.38 bits per heavy atom. The Morgan fingerprint density at radius 1 is 1.00 bits per heavy atom. The zero-order valence-corrected chi connectivity index (χ0v) is 18.2. The van der Waals surface area contributed by atoms with Crippen LogP contribution in [0.15, 0.2) is 66.7 Å². The maximum Gasteiger partial charge on any atom is 0.335 e. The molecule has 5 rings (SSSR count). The molecule has 0 bridgehead atoms. The molecule has 172 valence electrons. The molecular weight excluding hydrogens is 437 g/mol. The van der Waals surface area contributed by atoms with E-state index >= 15 is 0 Å². The molecule has 4 aromatic rings. The van der Waals surface area contributed by atoms with Gasteiger partial charge >= 0.3 is 5.97 Å². The summed E-state index contributed by atoms with van der Waals surface area (Å²) < 4.78 is 25.6. The normalized spacial score (nSPS) is 14.3. The SMILES string of the molecule is O=C(O)c1ccc(Oc2nc3cc(O)ccc3c(-c3ccc(F)cc3)c2C2CCOCC2)cc1. The van der Waals surface area contributed by atoms with Crippen molar-refractivity contribution in [3.8, 4) is 28.5 Å². The molecule has 1 aliphatic heterocycles. The summed E-state index contributed by atoms with van der Waals surface area (Å²) in [4.78, 5) is 16.0. The van der Waals surface area contributed by atoms with Crippen molar-refractivity contribution in [3.63, 3.8) is 0 Å². The molecule has 34 heavy (non-hydrogen) atoms. The average Bonchev–Trinajstić information content (AvgIpc) is 2.84. The number of ether oxygens (including phenoxy) is 2. The molecule has 2 heterocycles. The summed E-state index contributed by atoms with van der Waals surface area (Å²) in [7, 11) is 0. The Bertz CT molecular complexity index is 1350. The predicted molar refractivity (Wildman–Crippen MR) is 125 cm³/mol. The number of carbonyl (C=O) groups is 1. The van der Waals surface area contributed by atoms with Gasteiger partial charge in [-0.1, -0.05) is 12.1 Å². The number of nitrogens with zero attached hydrogens (tertiary/aromatic N) is 1. The van der Waals surface area contributed by atoms with Crippen LogP contribution in [0, 0.1) is 5.82 Å². The first-order valence-corrected chi connectivity index (χ1v) is 11.0. The van der Waals surface area contributed by atoms with Crippen LogP contribution in [0.25, 0.3) is 22.0 Å². The summed E-state index contributed by atoms with van der Waals surface area (Å²) >= 11 is 0. The number of aromatic carboxylic acids is 1. The van der Waals surface area contributed by atoms with Crippen LogP contribution >= 0.6 is 0 Å². The summed E-state index contributed by atoms with van der Waals surface area (Å²) in [6.07, 6.45) is 1.54. The number of rotatable bonds is 5. The number of fused-ring (bicyclic) bond motifs is 1. The van der Waals surface area contributed by atoms with E-state index in [9.17, 15) is 19.4 Å². The predicted octanol–water partition coefficient (Wildman–Crippen LogP) is 6.13. The molecule has 1 fully saturated rings. The number of pyridine rings is 1. The highest BCUT2D eigenvalue weighted by atomic mass is 19.1. The number of phenols is 1. The first-order valence-electron chi connectivity index (χ1n) is 11.0. The number of aromatic hydroxyl groups is 1. The lowest BCUT2D eigenvalue weighted by Gasteiger charge is -2.27. The highest BCUT2D eigenvalue weighted by Crippen LogP contribution is 2.45. The number of carboxylic acid groups (broad SMARTS) is 1. The molecule has 0 spiro atoms. The molecule has 1 saturated heterocycles. The first kappa shape index (κ1) is 21.9. The number of halogens is 1. The minimum atomic E-state index is -1.02. The zero-order valence-electron chi connectivity index (χ0n) is 18.2. The van der Waals surface area contributed by atoms with Gasteiger partial charge in [0.25, 0.3) is 0 Å². The van der Waals surface area contributed by atoms with Gasteiger partial charge < -0.3 is 19.7 Å². The van der Waals surface area contributed by atoms with Gasteiger partial charge in [0.1, 0.15) is 17.3 Å². The van der Waals surface area contributed by atoms with Crippen LogP contribution in [-0.4, -0.2) is 34.4 Å². The Balaban J connectivity index is 1.74. The van der Waals surface area contributed by atoms with Crippen molar-refractivity contribution in [2.45, 2.75) is 18.8 Å². The lowest BCUT2D eigenvalue weighted by molar-refractivity contribution is 0.0697. The third kappa shape index (κ3) is 4.30. The van der Waals surface area contributed by atoms with Gasteiger partial charge in [-0.05, 0) is 78.4 Å². The van der Waals surface area contributed by atoms with Gasteiger partial charge in [0, 0.05) is 30.2 Å². The molecule has 0 atom stereocenters. The van der Waals surface area contributed by atoms with Gasteiger partial charge in [-0.2, -0.15) is 0 Å². The van der Waals surface area contributed by atoms with Crippen LogP contribution in [0.3, 0.4) is 0 Å². The van der Waals surface area contributed by atoms with E-state index in [1.807, 2.05) is 6.07 Å². The molecule has 1 aromatic heterocycles. The monoisotopic (exact) mass is 459 g/mol. The second kappa shape index (κ2) is 9.11. The van der Waals surface area contributed by atoms with Crippen molar-refractivity contribution in [3.05, 3.63) is 83.7 Å². The van der Waals surface area contributed by atoms with E-state index in [0.29, 0.717) is 30.4 Å². The van der Waals surface area contributed by atoms with Crippen LogP contribution < -0.4 is 4.74 Å². The molecule has 7 heteroatoms. The van der Waals surface area contributed by atoms with Gasteiger partial charge in [0.05, 0.1) is 11.1 Å². The van der Waals surface area contributed by atoms with Crippen molar-refractivity contribution >= 4 is 16.9 Å². The minimum Gasteiger partial charge on any atom is -0.508 e. The Hall–Kier alpha value is -3.97. The second-order valence-electron chi connectivity index (χ2n) is 8.23. The largest absolute Gasteiger partial charge is 0.508 e. The molecule has 0 amide bonds. The molecule has 6 nitrogen and oxygen atoms in total. The Labute approximate surface area is 195 Å². The standard InChI is InChI=1S/C27H22FNO5/c28-19-5-1-16(2-6-19)24-22-10-7-20(30)15-23(22)29-26(25(24)17-11-13-33-14-12-17)34-21-8-3-18(4-9-21)27(31)32/h1-10,15,17,30H,11-14H2,(H,31,32). The fourth-order valence-corrected chi connectivity index (χ4v) is 4.39. The average molecular weight is 459 g/mol. The summed E-state index contributed by atoms with van der Waals surface area (Å²) in [6, 6.07) is 17.4. The van der Waals surface area contributed by atoms with Gasteiger partial charge in [-0.3, -0.25) is 0 Å². The first-order chi connectivity index (χ1) is 16.5. The number of hydrogen-bond donors (Lipinski definition) is 2. The van der Waals surface area contributed by atoms with Crippen LogP contribution in [-0.2, 0) is 4.74 Å². The Kier molecular flexibility index (Phi) is 5.86. The van der Waals surface area contributed by atoms with Gasteiger partial charge in [0.15, 0.2) is 0 Å². The van der Waals surface area contributed by atoms with Crippen molar-refractivity contribution < 1.29 is 28.9 Å². The minimum absolute atomic E-state index is 0.0700. The quantitative estimate of drug-likeness (QED) is 0.373. The van der Waals surface area contributed by atoms with Crippen LogP contribution in [0.1, 0.15) is 34.7 Å². The topological polar surface area (TPSA) is 88.9 Å². The van der Waals surface area contributed by atoms with E-state index in [2.05, 4.69) is 0 Å². The fraction of sp³-hybridized carbons (Fsp3) is 0.185. The molecule has 0 radical (unpaired) electrons. The van der Waals surface area contributed by atoms with Crippen LogP contribution in [0.2, 0.25) is 0 Å². The third-order valence-corrected chi connectivity index (χ3v) is 6.05. The molecule has 0 aliphatic carbocycles. The van der Waals surface area contributed by atoms with Gasteiger partial charge in [-0.25, -0.2) is 14.2 Å². The number of phenolic OH excluding ortho intramolecular Hbond substituents is 1. The second-order valence-corrected chi connectivity index (χ2v) is 8.23. The molecule has 0 unspecified atom stereocenters. The Morgan fingerprint density at radius 2 is 1.71 bits per heavy atom. The van der Waals surface area contributed by atoms with Crippen molar-refractivity contribution in [1.29, 1.82) is 0 Å². The zero-order chi connectivity index (χ0) is 23.7.